The first-order valence-electron chi connectivity index (χ1n) is 9.58. The second kappa shape index (κ2) is 8.76. The summed E-state index contributed by atoms with van der Waals surface area (Å²) in [5.41, 5.74) is 2.37. The second-order valence-corrected chi connectivity index (χ2v) is 7.53. The molecule has 2 aromatic carbocycles. The van der Waals surface area contributed by atoms with Crippen molar-refractivity contribution in [3.05, 3.63) is 53.6 Å². The van der Waals surface area contributed by atoms with Crippen LogP contribution in [0.15, 0.2) is 42.5 Å². The number of nitrogens with one attached hydrogen (secondary N) is 1. The van der Waals surface area contributed by atoms with E-state index in [-0.39, 0.29) is 12.5 Å². The number of ether oxygens (including phenoxy) is 2. The zero-order valence-electron chi connectivity index (χ0n) is 16.4. The highest BCUT2D eigenvalue weighted by Gasteiger charge is 2.38. The molecule has 0 bridgehead atoms. The molecule has 0 radical (unpaired) electrons. The first-order chi connectivity index (χ1) is 13.7. The maximum atomic E-state index is 12.3. The number of aryl methyl sites for hydroxylation is 1. The van der Waals surface area contributed by atoms with Gasteiger partial charge in [0.1, 0.15) is 0 Å². The fourth-order valence-electron chi connectivity index (χ4n) is 3.28. The Morgan fingerprint density at radius 3 is 2.34 bits per heavy atom. The summed E-state index contributed by atoms with van der Waals surface area (Å²) in [6.07, 6.45) is -2.18. The maximum Gasteiger partial charge on any atom is 0.471 e. The number of alkyl halides is 3. The third-order valence-electron chi connectivity index (χ3n) is 5.32. The van der Waals surface area contributed by atoms with Crippen molar-refractivity contribution in [2.45, 2.75) is 39.3 Å². The number of benzene rings is 2. The standard InChI is InChI=1S/C22H24F3NO3/c1-14(15(2)11-17-7-10-19-20(12-17)29-13-28-19)3-4-16-5-8-18(9-6-16)26-21(27)22(23,24)25/h5-10,12,14-15H,3-4,11,13H2,1-2H3,(H,26,27)/t14?,15-/m1/s1. The summed E-state index contributed by atoms with van der Waals surface area (Å²) < 4.78 is 47.7. The third kappa shape index (κ3) is 5.65. The van der Waals surface area contributed by atoms with Gasteiger partial charge < -0.3 is 14.8 Å². The van der Waals surface area contributed by atoms with Gasteiger partial charge in [0.15, 0.2) is 11.5 Å². The van der Waals surface area contributed by atoms with Crippen molar-refractivity contribution in [3.63, 3.8) is 0 Å². The Labute approximate surface area is 168 Å². The fourth-order valence-corrected chi connectivity index (χ4v) is 3.28. The molecule has 0 saturated heterocycles. The van der Waals surface area contributed by atoms with Crippen molar-refractivity contribution in [3.8, 4) is 11.5 Å². The van der Waals surface area contributed by atoms with Gasteiger partial charge in [-0.1, -0.05) is 32.0 Å². The smallest absolute Gasteiger partial charge is 0.454 e. The Kier molecular flexibility index (Phi) is 6.35. The SMILES string of the molecule is CC(CCc1ccc(NC(=O)C(F)(F)F)cc1)[C@H](C)Cc1ccc2c(c1)OCO2. The fraction of sp³-hybridized carbons (Fsp3) is 0.409. The topological polar surface area (TPSA) is 47.6 Å². The maximum absolute atomic E-state index is 12.3. The van der Waals surface area contributed by atoms with Gasteiger partial charge in [-0.15, -0.1) is 0 Å². The average molecular weight is 407 g/mol. The van der Waals surface area contributed by atoms with Crippen LogP contribution in [0.5, 0.6) is 11.5 Å². The van der Waals surface area contributed by atoms with Crippen molar-refractivity contribution in [2.75, 3.05) is 12.1 Å². The van der Waals surface area contributed by atoms with Gasteiger partial charge in [0, 0.05) is 5.69 Å². The van der Waals surface area contributed by atoms with E-state index in [0.717, 1.165) is 36.3 Å². The molecule has 2 atom stereocenters. The number of amides is 1. The lowest BCUT2D eigenvalue weighted by Gasteiger charge is -2.20. The van der Waals surface area contributed by atoms with Gasteiger partial charge in [0.05, 0.1) is 0 Å². The zero-order valence-corrected chi connectivity index (χ0v) is 16.4. The molecule has 3 rings (SSSR count). The Balaban J connectivity index is 1.48. The molecule has 29 heavy (non-hydrogen) atoms. The molecule has 0 saturated carbocycles. The first kappa shape index (κ1) is 21.0. The molecule has 1 heterocycles. The van der Waals surface area contributed by atoms with Crippen LogP contribution in [0.4, 0.5) is 18.9 Å². The summed E-state index contributed by atoms with van der Waals surface area (Å²) in [6, 6.07) is 12.5. The number of fused-ring (bicyclic) bond motifs is 1. The summed E-state index contributed by atoms with van der Waals surface area (Å²) in [5.74, 6) is 0.534. The molecule has 0 aliphatic carbocycles. The van der Waals surface area contributed by atoms with Crippen LogP contribution in [0.3, 0.4) is 0 Å². The predicted molar refractivity (Wildman–Crippen MR) is 104 cm³/mol. The van der Waals surface area contributed by atoms with E-state index < -0.39 is 12.1 Å². The first-order valence-corrected chi connectivity index (χ1v) is 9.58. The average Bonchev–Trinajstić information content (AvgIpc) is 3.14. The lowest BCUT2D eigenvalue weighted by atomic mass is 9.85. The lowest BCUT2D eigenvalue weighted by molar-refractivity contribution is -0.167. The number of halogens is 3. The Morgan fingerprint density at radius 2 is 1.66 bits per heavy atom. The van der Waals surface area contributed by atoms with Gasteiger partial charge in [-0.3, -0.25) is 4.79 Å². The summed E-state index contributed by atoms with van der Waals surface area (Å²) in [5, 5.41) is 1.85. The summed E-state index contributed by atoms with van der Waals surface area (Å²) in [6.45, 7) is 4.68. The minimum absolute atomic E-state index is 0.139. The summed E-state index contributed by atoms with van der Waals surface area (Å²) in [4.78, 5) is 11.0. The number of carbonyl (C=O) groups is 1. The van der Waals surface area contributed by atoms with E-state index in [4.69, 9.17) is 9.47 Å². The molecular weight excluding hydrogens is 383 g/mol. The quantitative estimate of drug-likeness (QED) is 0.672. The van der Waals surface area contributed by atoms with Crippen LogP contribution in [0, 0.1) is 11.8 Å². The van der Waals surface area contributed by atoms with Crippen molar-refractivity contribution in [2.24, 2.45) is 11.8 Å². The molecule has 0 aromatic heterocycles. The van der Waals surface area contributed by atoms with Crippen LogP contribution in [0.2, 0.25) is 0 Å². The van der Waals surface area contributed by atoms with E-state index in [1.165, 1.54) is 17.7 Å². The molecule has 1 amide bonds. The molecular formula is C22H24F3NO3. The zero-order chi connectivity index (χ0) is 21.0. The number of carbonyl (C=O) groups excluding carboxylic acids is 1. The van der Waals surface area contributed by atoms with Gasteiger partial charge in [-0.25, -0.2) is 0 Å². The summed E-state index contributed by atoms with van der Waals surface area (Å²) >= 11 is 0. The van der Waals surface area contributed by atoms with Crippen LogP contribution in [0.25, 0.3) is 0 Å². The molecule has 0 spiro atoms. The van der Waals surface area contributed by atoms with Crippen LogP contribution in [0.1, 0.15) is 31.4 Å². The number of hydrogen-bond donors (Lipinski definition) is 1. The number of hydrogen-bond acceptors (Lipinski definition) is 3. The monoisotopic (exact) mass is 407 g/mol. The van der Waals surface area contributed by atoms with E-state index in [9.17, 15) is 18.0 Å². The molecule has 1 unspecified atom stereocenters. The Morgan fingerprint density at radius 1 is 1.00 bits per heavy atom. The van der Waals surface area contributed by atoms with E-state index >= 15 is 0 Å². The Hall–Kier alpha value is -2.70. The normalized spacial score (nSPS) is 15.1. The third-order valence-corrected chi connectivity index (χ3v) is 5.32. The highest BCUT2D eigenvalue weighted by molar-refractivity contribution is 5.94. The summed E-state index contributed by atoms with van der Waals surface area (Å²) in [7, 11) is 0. The number of rotatable bonds is 7. The van der Waals surface area contributed by atoms with Crippen molar-refractivity contribution >= 4 is 11.6 Å². The minimum Gasteiger partial charge on any atom is -0.454 e. The Bertz CT molecular complexity index is 849. The van der Waals surface area contributed by atoms with E-state index in [0.29, 0.717) is 11.8 Å². The highest BCUT2D eigenvalue weighted by atomic mass is 19.4. The van der Waals surface area contributed by atoms with Gasteiger partial charge in [-0.05, 0) is 66.5 Å². The molecule has 156 valence electrons. The second-order valence-electron chi connectivity index (χ2n) is 7.53. The van der Waals surface area contributed by atoms with Crippen molar-refractivity contribution in [1.29, 1.82) is 0 Å². The number of anilines is 1. The van der Waals surface area contributed by atoms with Crippen molar-refractivity contribution in [1.82, 2.24) is 0 Å². The van der Waals surface area contributed by atoms with Crippen LogP contribution in [-0.4, -0.2) is 18.9 Å². The highest BCUT2D eigenvalue weighted by Crippen LogP contribution is 2.34. The van der Waals surface area contributed by atoms with Crippen LogP contribution < -0.4 is 14.8 Å². The van der Waals surface area contributed by atoms with Gasteiger partial charge in [0.25, 0.3) is 0 Å². The van der Waals surface area contributed by atoms with Crippen molar-refractivity contribution < 1.29 is 27.4 Å². The predicted octanol–water partition coefficient (Wildman–Crippen LogP) is 5.36. The molecule has 4 nitrogen and oxygen atoms in total. The van der Waals surface area contributed by atoms with Crippen LogP contribution in [-0.2, 0) is 17.6 Å². The molecule has 1 aliphatic rings. The largest absolute Gasteiger partial charge is 0.471 e. The molecule has 2 aromatic rings. The van der Waals surface area contributed by atoms with Crippen LogP contribution >= 0.6 is 0 Å². The molecule has 7 heteroatoms. The van der Waals surface area contributed by atoms with Gasteiger partial charge >= 0.3 is 12.1 Å². The van der Waals surface area contributed by atoms with Gasteiger partial charge in [0.2, 0.25) is 6.79 Å². The van der Waals surface area contributed by atoms with E-state index in [2.05, 4.69) is 19.9 Å². The van der Waals surface area contributed by atoms with E-state index in [1.807, 2.05) is 17.4 Å². The minimum atomic E-state index is -4.89. The van der Waals surface area contributed by atoms with E-state index in [1.54, 1.807) is 12.1 Å². The van der Waals surface area contributed by atoms with Gasteiger partial charge in [-0.2, -0.15) is 13.2 Å². The molecule has 1 N–H and O–H groups in total. The lowest BCUT2D eigenvalue weighted by Crippen LogP contribution is -2.29. The molecule has 1 aliphatic heterocycles. The molecule has 0 fully saturated rings.